The normalized spacial score (nSPS) is 9.44. The van der Waals surface area contributed by atoms with Crippen LogP contribution in [0.25, 0.3) is 0 Å². The van der Waals surface area contributed by atoms with Crippen LogP contribution in [0.2, 0.25) is 0 Å². The number of benzene rings is 1. The van der Waals surface area contributed by atoms with Crippen molar-refractivity contribution in [1.82, 2.24) is 10.6 Å². The Morgan fingerprint density at radius 1 is 1.33 bits per heavy atom. The Bertz CT molecular complexity index is 424. The monoisotopic (exact) mass is 267 g/mol. The average molecular weight is 267 g/mol. The molecule has 0 spiro atoms. The van der Waals surface area contributed by atoms with E-state index >= 15 is 0 Å². The van der Waals surface area contributed by atoms with Crippen LogP contribution in [-0.4, -0.2) is 31.2 Å². The Hall–Kier alpha value is -1.82. The van der Waals surface area contributed by atoms with Gasteiger partial charge < -0.3 is 20.7 Å². The molecule has 0 aromatic heterocycles. The fourth-order valence-corrected chi connectivity index (χ4v) is 1.51. The first kappa shape index (κ1) is 14.2. The molecule has 18 heavy (non-hydrogen) atoms. The molecular weight excluding hydrogens is 250 g/mol. The first-order valence-corrected chi connectivity index (χ1v) is 5.96. The SMILES string of the molecule is COc1cccc(NC(=S)NCCNC(C)=O)c1. The maximum atomic E-state index is 10.6. The quantitative estimate of drug-likeness (QED) is 0.551. The number of rotatable bonds is 5. The first-order chi connectivity index (χ1) is 8.61. The number of amides is 1. The second-order valence-corrected chi connectivity index (χ2v) is 4.00. The highest BCUT2D eigenvalue weighted by Gasteiger charge is 1.99. The van der Waals surface area contributed by atoms with E-state index in [9.17, 15) is 4.79 Å². The van der Waals surface area contributed by atoms with E-state index in [-0.39, 0.29) is 5.91 Å². The van der Waals surface area contributed by atoms with E-state index in [0.717, 1.165) is 11.4 Å². The molecule has 1 amide bonds. The van der Waals surface area contributed by atoms with Crippen LogP contribution >= 0.6 is 12.2 Å². The average Bonchev–Trinajstić information content (AvgIpc) is 2.34. The Labute approximate surface area is 112 Å². The van der Waals surface area contributed by atoms with Gasteiger partial charge in [-0.2, -0.15) is 0 Å². The Morgan fingerprint density at radius 3 is 2.72 bits per heavy atom. The van der Waals surface area contributed by atoms with Gasteiger partial charge in [0, 0.05) is 31.8 Å². The van der Waals surface area contributed by atoms with Crippen LogP contribution in [0.5, 0.6) is 5.75 Å². The standard InChI is InChI=1S/C12H17N3O2S/c1-9(16)13-6-7-14-12(18)15-10-4-3-5-11(8-10)17-2/h3-5,8H,6-7H2,1-2H3,(H,13,16)(H2,14,15,18). The third-order valence-corrected chi connectivity index (χ3v) is 2.36. The van der Waals surface area contributed by atoms with Gasteiger partial charge in [-0.1, -0.05) is 6.07 Å². The number of ether oxygens (including phenoxy) is 1. The fourth-order valence-electron chi connectivity index (χ4n) is 1.29. The smallest absolute Gasteiger partial charge is 0.216 e. The van der Waals surface area contributed by atoms with Crippen molar-refractivity contribution in [2.24, 2.45) is 0 Å². The zero-order chi connectivity index (χ0) is 13.4. The number of thiocarbonyl (C=S) groups is 1. The van der Waals surface area contributed by atoms with Gasteiger partial charge in [-0.05, 0) is 24.4 Å². The van der Waals surface area contributed by atoms with E-state index in [4.69, 9.17) is 17.0 Å². The van der Waals surface area contributed by atoms with Crippen LogP contribution < -0.4 is 20.7 Å². The van der Waals surface area contributed by atoms with Gasteiger partial charge in [-0.15, -0.1) is 0 Å². The minimum Gasteiger partial charge on any atom is -0.497 e. The Balaban J connectivity index is 2.33. The summed E-state index contributed by atoms with van der Waals surface area (Å²) in [6.45, 7) is 2.59. The molecule has 0 heterocycles. The minimum absolute atomic E-state index is 0.0523. The third-order valence-electron chi connectivity index (χ3n) is 2.11. The van der Waals surface area contributed by atoms with Gasteiger partial charge in [0.15, 0.2) is 5.11 Å². The summed E-state index contributed by atoms with van der Waals surface area (Å²) in [5.41, 5.74) is 0.853. The van der Waals surface area contributed by atoms with Crippen molar-refractivity contribution in [3.05, 3.63) is 24.3 Å². The topological polar surface area (TPSA) is 62.4 Å². The van der Waals surface area contributed by atoms with Crippen LogP contribution in [0, 0.1) is 0 Å². The van der Waals surface area contributed by atoms with Crippen LogP contribution in [0.1, 0.15) is 6.92 Å². The molecule has 5 nitrogen and oxygen atoms in total. The molecule has 1 rings (SSSR count). The van der Waals surface area contributed by atoms with Gasteiger partial charge in [0.1, 0.15) is 5.75 Å². The minimum atomic E-state index is -0.0523. The molecule has 0 saturated heterocycles. The van der Waals surface area contributed by atoms with E-state index in [1.165, 1.54) is 6.92 Å². The molecule has 0 aliphatic rings. The van der Waals surface area contributed by atoms with Crippen molar-refractivity contribution >= 4 is 28.9 Å². The highest BCUT2D eigenvalue weighted by Crippen LogP contribution is 2.16. The summed E-state index contributed by atoms with van der Waals surface area (Å²) in [4.78, 5) is 10.6. The van der Waals surface area contributed by atoms with E-state index < -0.39 is 0 Å². The van der Waals surface area contributed by atoms with E-state index in [0.29, 0.717) is 18.2 Å². The summed E-state index contributed by atoms with van der Waals surface area (Å²) in [6.07, 6.45) is 0. The van der Waals surface area contributed by atoms with Gasteiger partial charge in [0.25, 0.3) is 0 Å². The number of nitrogens with one attached hydrogen (secondary N) is 3. The molecule has 1 aromatic rings. The molecule has 0 fully saturated rings. The van der Waals surface area contributed by atoms with E-state index in [2.05, 4.69) is 16.0 Å². The Morgan fingerprint density at radius 2 is 2.06 bits per heavy atom. The molecule has 98 valence electrons. The summed E-state index contributed by atoms with van der Waals surface area (Å²) in [6, 6.07) is 7.48. The maximum absolute atomic E-state index is 10.6. The summed E-state index contributed by atoms with van der Waals surface area (Å²) in [5, 5.41) is 9.20. The largest absolute Gasteiger partial charge is 0.497 e. The molecule has 0 unspecified atom stereocenters. The maximum Gasteiger partial charge on any atom is 0.216 e. The van der Waals surface area contributed by atoms with Crippen molar-refractivity contribution in [3.63, 3.8) is 0 Å². The van der Waals surface area contributed by atoms with Crippen LogP contribution in [0.3, 0.4) is 0 Å². The number of hydrogen-bond acceptors (Lipinski definition) is 3. The number of hydrogen-bond donors (Lipinski definition) is 3. The number of carbonyl (C=O) groups excluding carboxylic acids is 1. The fraction of sp³-hybridized carbons (Fsp3) is 0.333. The van der Waals surface area contributed by atoms with Crippen LogP contribution in [0.15, 0.2) is 24.3 Å². The molecule has 3 N–H and O–H groups in total. The van der Waals surface area contributed by atoms with E-state index in [1.54, 1.807) is 7.11 Å². The molecule has 6 heteroatoms. The van der Waals surface area contributed by atoms with Crippen LogP contribution in [0.4, 0.5) is 5.69 Å². The van der Waals surface area contributed by atoms with Crippen molar-refractivity contribution in [3.8, 4) is 5.75 Å². The highest BCUT2D eigenvalue weighted by atomic mass is 32.1. The van der Waals surface area contributed by atoms with Gasteiger partial charge in [-0.3, -0.25) is 4.79 Å². The number of methoxy groups -OCH3 is 1. The molecular formula is C12H17N3O2S. The first-order valence-electron chi connectivity index (χ1n) is 5.55. The molecule has 0 aliphatic heterocycles. The molecule has 1 aromatic carbocycles. The number of anilines is 1. The zero-order valence-electron chi connectivity index (χ0n) is 10.4. The molecule has 0 saturated carbocycles. The van der Waals surface area contributed by atoms with Crippen LogP contribution in [-0.2, 0) is 4.79 Å². The summed E-state index contributed by atoms with van der Waals surface area (Å²) in [7, 11) is 1.61. The van der Waals surface area contributed by atoms with Gasteiger partial charge in [-0.25, -0.2) is 0 Å². The van der Waals surface area contributed by atoms with E-state index in [1.807, 2.05) is 24.3 Å². The zero-order valence-corrected chi connectivity index (χ0v) is 11.3. The second-order valence-electron chi connectivity index (χ2n) is 3.60. The molecule has 0 radical (unpaired) electrons. The number of carbonyl (C=O) groups is 1. The van der Waals surface area contributed by atoms with Crippen molar-refractivity contribution in [1.29, 1.82) is 0 Å². The predicted molar refractivity (Wildman–Crippen MR) is 75.9 cm³/mol. The molecule has 0 atom stereocenters. The van der Waals surface area contributed by atoms with Gasteiger partial charge in [0.05, 0.1) is 7.11 Å². The molecule has 0 aliphatic carbocycles. The third kappa shape index (κ3) is 5.49. The summed E-state index contributed by atoms with van der Waals surface area (Å²) >= 11 is 5.12. The lowest BCUT2D eigenvalue weighted by Gasteiger charge is -2.11. The summed E-state index contributed by atoms with van der Waals surface area (Å²) < 4.78 is 5.11. The van der Waals surface area contributed by atoms with Crippen molar-refractivity contribution < 1.29 is 9.53 Å². The highest BCUT2D eigenvalue weighted by molar-refractivity contribution is 7.80. The van der Waals surface area contributed by atoms with Crippen molar-refractivity contribution in [2.45, 2.75) is 6.92 Å². The lowest BCUT2D eigenvalue weighted by Crippen LogP contribution is -2.35. The lowest BCUT2D eigenvalue weighted by atomic mass is 10.3. The second kappa shape index (κ2) is 7.50. The lowest BCUT2D eigenvalue weighted by molar-refractivity contribution is -0.118. The van der Waals surface area contributed by atoms with Gasteiger partial charge >= 0.3 is 0 Å². The van der Waals surface area contributed by atoms with Gasteiger partial charge in [0.2, 0.25) is 5.91 Å². The van der Waals surface area contributed by atoms with Crippen molar-refractivity contribution in [2.75, 3.05) is 25.5 Å². The molecule has 0 bridgehead atoms. The Kier molecular flexibility index (Phi) is 5.93. The summed E-state index contributed by atoms with van der Waals surface area (Å²) in [5.74, 6) is 0.713. The predicted octanol–water partition coefficient (Wildman–Crippen LogP) is 1.12.